The van der Waals surface area contributed by atoms with E-state index in [1.807, 2.05) is 72.4 Å². The number of aryl methyl sites for hydroxylation is 1. The number of amides is 1. The summed E-state index contributed by atoms with van der Waals surface area (Å²) < 4.78 is 1.93. The summed E-state index contributed by atoms with van der Waals surface area (Å²) in [5.41, 5.74) is 2.76. The van der Waals surface area contributed by atoms with Crippen molar-refractivity contribution in [3.63, 3.8) is 0 Å². The number of carbonyl (C=O) groups excluding carboxylic acids is 1. The Hall–Kier alpha value is -3.08. The topological polar surface area (TPSA) is 50.2 Å². The van der Waals surface area contributed by atoms with Gasteiger partial charge < -0.3 is 14.8 Å². The standard InChI is InChI=1S/C23H28N4O/c1-4-5-16-26(2)20-13-11-19(12-14-20)23(28)25-21(18-9-7-6-8-10-18)22-24-15-17-27(22)3/h6-15,17,21H,4-5,16H2,1-3H3,(H,25,28). The van der Waals surface area contributed by atoms with Crippen molar-refractivity contribution in [1.82, 2.24) is 14.9 Å². The molecule has 0 aliphatic heterocycles. The Morgan fingerprint density at radius 2 is 1.86 bits per heavy atom. The Kier molecular flexibility index (Phi) is 6.48. The largest absolute Gasteiger partial charge is 0.375 e. The summed E-state index contributed by atoms with van der Waals surface area (Å²) in [7, 11) is 4.02. The molecule has 2 aromatic carbocycles. The number of aromatic nitrogens is 2. The first-order valence-corrected chi connectivity index (χ1v) is 9.74. The van der Waals surface area contributed by atoms with Crippen molar-refractivity contribution >= 4 is 11.6 Å². The fourth-order valence-corrected chi connectivity index (χ4v) is 3.20. The highest BCUT2D eigenvalue weighted by Gasteiger charge is 2.21. The van der Waals surface area contributed by atoms with Gasteiger partial charge in [-0.3, -0.25) is 4.79 Å². The summed E-state index contributed by atoms with van der Waals surface area (Å²) in [6, 6.07) is 17.4. The van der Waals surface area contributed by atoms with Crippen molar-refractivity contribution < 1.29 is 4.79 Å². The molecule has 146 valence electrons. The van der Waals surface area contributed by atoms with Crippen molar-refractivity contribution in [3.05, 3.63) is 83.9 Å². The molecule has 3 rings (SSSR count). The summed E-state index contributed by atoms with van der Waals surface area (Å²) in [5, 5.41) is 3.14. The molecule has 1 amide bonds. The lowest BCUT2D eigenvalue weighted by Gasteiger charge is -2.21. The number of benzene rings is 2. The van der Waals surface area contributed by atoms with Crippen molar-refractivity contribution in [2.24, 2.45) is 7.05 Å². The molecule has 28 heavy (non-hydrogen) atoms. The van der Waals surface area contributed by atoms with Gasteiger partial charge in [-0.05, 0) is 36.2 Å². The number of hydrogen-bond acceptors (Lipinski definition) is 3. The Bertz CT molecular complexity index is 886. The maximum Gasteiger partial charge on any atom is 0.252 e. The first-order valence-electron chi connectivity index (χ1n) is 9.74. The fraction of sp³-hybridized carbons (Fsp3) is 0.304. The molecule has 0 aliphatic carbocycles. The van der Waals surface area contributed by atoms with E-state index in [0.29, 0.717) is 5.56 Å². The quantitative estimate of drug-likeness (QED) is 0.642. The van der Waals surface area contributed by atoms with Gasteiger partial charge in [0.1, 0.15) is 11.9 Å². The Morgan fingerprint density at radius 3 is 2.46 bits per heavy atom. The predicted molar refractivity (Wildman–Crippen MR) is 114 cm³/mol. The van der Waals surface area contributed by atoms with Crippen molar-refractivity contribution in [1.29, 1.82) is 0 Å². The zero-order valence-electron chi connectivity index (χ0n) is 16.8. The zero-order chi connectivity index (χ0) is 19.9. The highest BCUT2D eigenvalue weighted by atomic mass is 16.1. The molecule has 1 aromatic heterocycles. The van der Waals surface area contributed by atoms with Gasteiger partial charge in [-0.15, -0.1) is 0 Å². The van der Waals surface area contributed by atoms with Crippen LogP contribution < -0.4 is 10.2 Å². The van der Waals surface area contributed by atoms with Crippen molar-refractivity contribution in [3.8, 4) is 0 Å². The van der Waals surface area contributed by atoms with Gasteiger partial charge in [-0.25, -0.2) is 4.98 Å². The molecule has 5 heteroatoms. The number of rotatable bonds is 8. The minimum Gasteiger partial charge on any atom is -0.375 e. The summed E-state index contributed by atoms with van der Waals surface area (Å²) in [6.07, 6.45) is 5.96. The van der Waals surface area contributed by atoms with Gasteiger partial charge in [0.25, 0.3) is 5.91 Å². The fourth-order valence-electron chi connectivity index (χ4n) is 3.20. The van der Waals surface area contributed by atoms with E-state index in [1.54, 1.807) is 6.20 Å². The van der Waals surface area contributed by atoms with E-state index in [2.05, 4.69) is 29.2 Å². The van der Waals surface area contributed by atoms with Crippen LogP contribution in [0.3, 0.4) is 0 Å². The van der Waals surface area contributed by atoms with Gasteiger partial charge in [0.15, 0.2) is 0 Å². The second-order valence-electron chi connectivity index (χ2n) is 7.04. The third-order valence-corrected chi connectivity index (χ3v) is 4.94. The molecule has 0 aliphatic rings. The molecule has 0 radical (unpaired) electrons. The lowest BCUT2D eigenvalue weighted by Crippen LogP contribution is -2.31. The van der Waals surface area contributed by atoms with E-state index < -0.39 is 0 Å². The normalized spacial score (nSPS) is 11.8. The third-order valence-electron chi connectivity index (χ3n) is 4.94. The Balaban J connectivity index is 1.78. The van der Waals surface area contributed by atoms with Crippen LogP contribution in [0, 0.1) is 0 Å². The van der Waals surface area contributed by atoms with Crippen LogP contribution in [-0.2, 0) is 7.05 Å². The second kappa shape index (κ2) is 9.22. The van der Waals surface area contributed by atoms with Crippen LogP contribution in [-0.4, -0.2) is 29.1 Å². The summed E-state index contributed by atoms with van der Waals surface area (Å²) in [6.45, 7) is 3.20. The smallest absolute Gasteiger partial charge is 0.252 e. The van der Waals surface area contributed by atoms with Gasteiger partial charge in [0, 0.05) is 44.3 Å². The average Bonchev–Trinajstić information content (AvgIpc) is 3.16. The molecular weight excluding hydrogens is 348 g/mol. The van der Waals surface area contributed by atoms with E-state index in [1.165, 1.54) is 6.42 Å². The van der Waals surface area contributed by atoms with Gasteiger partial charge in [-0.2, -0.15) is 0 Å². The summed E-state index contributed by atoms with van der Waals surface area (Å²) in [4.78, 5) is 19.6. The molecule has 3 aromatic rings. The van der Waals surface area contributed by atoms with Crippen LogP contribution in [0.4, 0.5) is 5.69 Å². The molecule has 0 saturated carbocycles. The third kappa shape index (κ3) is 4.60. The SMILES string of the molecule is CCCCN(C)c1ccc(C(=O)NC(c2ccccc2)c2nccn2C)cc1. The van der Waals surface area contributed by atoms with Crippen LogP contribution in [0.2, 0.25) is 0 Å². The summed E-state index contributed by atoms with van der Waals surface area (Å²) in [5.74, 6) is 0.690. The minimum absolute atomic E-state index is 0.111. The first-order chi connectivity index (χ1) is 13.6. The van der Waals surface area contributed by atoms with Crippen molar-refractivity contribution in [2.45, 2.75) is 25.8 Å². The Morgan fingerprint density at radius 1 is 1.14 bits per heavy atom. The number of anilines is 1. The minimum atomic E-state index is -0.305. The van der Waals surface area contributed by atoms with E-state index in [-0.39, 0.29) is 11.9 Å². The van der Waals surface area contributed by atoms with E-state index in [9.17, 15) is 4.79 Å². The van der Waals surface area contributed by atoms with Gasteiger partial charge in [0.2, 0.25) is 0 Å². The number of carbonyl (C=O) groups is 1. The maximum absolute atomic E-state index is 12.9. The number of hydrogen-bond donors (Lipinski definition) is 1. The van der Waals surface area contributed by atoms with Gasteiger partial charge >= 0.3 is 0 Å². The van der Waals surface area contributed by atoms with Crippen LogP contribution >= 0.6 is 0 Å². The number of imidazole rings is 1. The van der Waals surface area contributed by atoms with Crippen LogP contribution in [0.25, 0.3) is 0 Å². The van der Waals surface area contributed by atoms with Gasteiger partial charge in [-0.1, -0.05) is 43.7 Å². The average molecular weight is 377 g/mol. The number of nitrogens with one attached hydrogen (secondary N) is 1. The molecular formula is C23H28N4O. The zero-order valence-corrected chi connectivity index (χ0v) is 16.8. The molecule has 0 bridgehead atoms. The molecule has 0 fully saturated rings. The lowest BCUT2D eigenvalue weighted by molar-refractivity contribution is 0.0941. The van der Waals surface area contributed by atoms with Crippen LogP contribution in [0.1, 0.15) is 47.6 Å². The number of nitrogens with zero attached hydrogens (tertiary/aromatic N) is 3. The molecule has 1 unspecified atom stereocenters. The van der Waals surface area contributed by atoms with E-state index >= 15 is 0 Å². The van der Waals surface area contributed by atoms with E-state index in [4.69, 9.17) is 0 Å². The predicted octanol–water partition coefficient (Wildman–Crippen LogP) is 4.18. The molecule has 0 saturated heterocycles. The summed E-state index contributed by atoms with van der Waals surface area (Å²) >= 11 is 0. The van der Waals surface area contributed by atoms with Crippen molar-refractivity contribution in [2.75, 3.05) is 18.5 Å². The van der Waals surface area contributed by atoms with Gasteiger partial charge in [0.05, 0.1) is 0 Å². The van der Waals surface area contributed by atoms with E-state index in [0.717, 1.165) is 30.0 Å². The highest BCUT2D eigenvalue weighted by Crippen LogP contribution is 2.21. The Labute approximate surface area is 167 Å². The molecule has 0 spiro atoms. The molecule has 1 N–H and O–H groups in total. The molecule has 1 atom stereocenters. The second-order valence-corrected chi connectivity index (χ2v) is 7.04. The number of unbranched alkanes of at least 4 members (excludes halogenated alkanes) is 1. The first kappa shape index (κ1) is 19.7. The monoisotopic (exact) mass is 376 g/mol. The maximum atomic E-state index is 12.9. The molecule has 1 heterocycles. The molecule has 5 nitrogen and oxygen atoms in total. The van der Waals surface area contributed by atoms with Crippen LogP contribution in [0.5, 0.6) is 0 Å². The highest BCUT2D eigenvalue weighted by molar-refractivity contribution is 5.95. The van der Waals surface area contributed by atoms with Crippen LogP contribution in [0.15, 0.2) is 67.0 Å². The lowest BCUT2D eigenvalue weighted by atomic mass is 10.1.